The van der Waals surface area contributed by atoms with Gasteiger partial charge < -0.3 is 0 Å². The topological polar surface area (TPSA) is 43.6 Å². The number of halogens is 1. The fourth-order valence-corrected chi connectivity index (χ4v) is 2.40. The molecule has 0 unspecified atom stereocenters. The van der Waals surface area contributed by atoms with E-state index in [1.165, 1.54) is 18.5 Å². The van der Waals surface area contributed by atoms with Gasteiger partial charge in [0.1, 0.15) is 17.8 Å². The number of thiazole rings is 1. The molecular formula is C13H11FN4S. The molecule has 2 heterocycles. The van der Waals surface area contributed by atoms with Crippen LogP contribution in [0.5, 0.6) is 0 Å². The van der Waals surface area contributed by atoms with Crippen molar-refractivity contribution in [1.82, 2.24) is 19.7 Å². The molecule has 0 atom stereocenters. The second kappa shape index (κ2) is 4.89. The van der Waals surface area contributed by atoms with Crippen LogP contribution in [0.3, 0.4) is 0 Å². The van der Waals surface area contributed by atoms with Crippen LogP contribution < -0.4 is 0 Å². The van der Waals surface area contributed by atoms with Gasteiger partial charge in [-0.15, -0.1) is 11.3 Å². The molecule has 0 N–H and O–H groups in total. The van der Waals surface area contributed by atoms with Gasteiger partial charge in [0.15, 0.2) is 5.82 Å². The first-order valence-corrected chi connectivity index (χ1v) is 6.65. The minimum atomic E-state index is -0.238. The van der Waals surface area contributed by atoms with Gasteiger partial charge in [0.2, 0.25) is 0 Å². The molecule has 0 spiro atoms. The largest absolute Gasteiger partial charge is 0.240 e. The van der Waals surface area contributed by atoms with Crippen LogP contribution in [0.1, 0.15) is 10.6 Å². The van der Waals surface area contributed by atoms with Gasteiger partial charge in [-0.05, 0) is 24.6 Å². The lowest BCUT2D eigenvalue weighted by Crippen LogP contribution is -2.04. The van der Waals surface area contributed by atoms with Crippen molar-refractivity contribution in [3.63, 3.8) is 0 Å². The third-order valence-electron chi connectivity index (χ3n) is 2.71. The highest BCUT2D eigenvalue weighted by molar-refractivity contribution is 7.09. The lowest BCUT2D eigenvalue weighted by atomic mass is 10.2. The molecule has 3 rings (SSSR count). The summed E-state index contributed by atoms with van der Waals surface area (Å²) in [6.07, 6.45) is 1.51. The summed E-state index contributed by atoms with van der Waals surface area (Å²) in [4.78, 5) is 8.64. The number of nitrogens with zero attached hydrogens (tertiary/aromatic N) is 4. The summed E-state index contributed by atoms with van der Waals surface area (Å²) in [5.74, 6) is 0.492. The maximum atomic E-state index is 12.9. The Kier molecular flexibility index (Phi) is 3.08. The summed E-state index contributed by atoms with van der Waals surface area (Å²) in [6, 6.07) is 6.37. The van der Waals surface area contributed by atoms with Gasteiger partial charge in [-0.3, -0.25) is 0 Å². The molecule has 19 heavy (non-hydrogen) atoms. The molecule has 3 aromatic rings. The monoisotopic (exact) mass is 274 g/mol. The van der Waals surface area contributed by atoms with Crippen LogP contribution in [0.2, 0.25) is 0 Å². The van der Waals surface area contributed by atoms with Crippen LogP contribution in [0.25, 0.3) is 11.5 Å². The SMILES string of the molecule is Cc1nc(-c2ncnn2Cc2ccc(F)cc2)cs1. The number of hydrogen-bond donors (Lipinski definition) is 0. The predicted molar refractivity (Wildman–Crippen MR) is 71.4 cm³/mol. The highest BCUT2D eigenvalue weighted by atomic mass is 32.1. The van der Waals surface area contributed by atoms with E-state index in [0.29, 0.717) is 6.54 Å². The third-order valence-corrected chi connectivity index (χ3v) is 3.48. The van der Waals surface area contributed by atoms with Gasteiger partial charge in [-0.1, -0.05) is 12.1 Å². The van der Waals surface area contributed by atoms with E-state index >= 15 is 0 Å². The van der Waals surface area contributed by atoms with Gasteiger partial charge in [-0.2, -0.15) is 5.10 Å². The second-order valence-corrected chi connectivity index (χ2v) is 5.18. The first-order valence-electron chi connectivity index (χ1n) is 5.77. The predicted octanol–water partition coefficient (Wildman–Crippen LogP) is 2.90. The molecule has 4 nitrogen and oxygen atoms in total. The fourth-order valence-electron chi connectivity index (χ4n) is 1.81. The van der Waals surface area contributed by atoms with Crippen LogP contribution in [0.15, 0.2) is 36.0 Å². The van der Waals surface area contributed by atoms with Crippen LogP contribution in [-0.4, -0.2) is 19.7 Å². The van der Waals surface area contributed by atoms with E-state index in [4.69, 9.17) is 0 Å². The van der Waals surface area contributed by atoms with E-state index in [2.05, 4.69) is 15.1 Å². The molecule has 0 saturated carbocycles. The van der Waals surface area contributed by atoms with Crippen molar-refractivity contribution < 1.29 is 4.39 Å². The van der Waals surface area contributed by atoms with Crippen molar-refractivity contribution in [3.05, 3.63) is 52.4 Å². The van der Waals surface area contributed by atoms with Crippen molar-refractivity contribution >= 4 is 11.3 Å². The molecule has 0 aliphatic heterocycles. The Bertz CT molecular complexity index is 687. The summed E-state index contributed by atoms with van der Waals surface area (Å²) >= 11 is 1.58. The van der Waals surface area contributed by atoms with Crippen molar-refractivity contribution in [2.75, 3.05) is 0 Å². The maximum Gasteiger partial charge on any atom is 0.177 e. The van der Waals surface area contributed by atoms with Crippen molar-refractivity contribution in [2.45, 2.75) is 13.5 Å². The van der Waals surface area contributed by atoms with Crippen LogP contribution in [0, 0.1) is 12.7 Å². The first kappa shape index (κ1) is 12.0. The molecule has 0 aliphatic rings. The Hall–Kier alpha value is -2.08. The van der Waals surface area contributed by atoms with Crippen molar-refractivity contribution in [3.8, 4) is 11.5 Å². The number of benzene rings is 1. The lowest BCUT2D eigenvalue weighted by Gasteiger charge is -2.04. The standard InChI is InChI=1S/C13H11FN4S/c1-9-17-12(7-19-9)13-15-8-16-18(13)6-10-2-4-11(14)5-3-10/h2-5,7-8H,6H2,1H3. The average Bonchev–Trinajstić information content (AvgIpc) is 3.01. The van der Waals surface area contributed by atoms with E-state index in [1.807, 2.05) is 12.3 Å². The quantitative estimate of drug-likeness (QED) is 0.737. The van der Waals surface area contributed by atoms with Crippen LogP contribution in [0.4, 0.5) is 4.39 Å². The molecule has 0 fully saturated rings. The Balaban J connectivity index is 1.90. The van der Waals surface area contributed by atoms with Crippen LogP contribution >= 0.6 is 11.3 Å². The van der Waals surface area contributed by atoms with Gasteiger partial charge in [0.05, 0.1) is 11.6 Å². The molecule has 0 aliphatic carbocycles. The third kappa shape index (κ3) is 2.53. The Morgan fingerprint density at radius 2 is 2.05 bits per heavy atom. The highest BCUT2D eigenvalue weighted by Crippen LogP contribution is 2.19. The zero-order valence-corrected chi connectivity index (χ0v) is 11.1. The maximum absolute atomic E-state index is 12.9. The van der Waals surface area contributed by atoms with Gasteiger partial charge in [-0.25, -0.2) is 19.0 Å². The molecule has 2 aromatic heterocycles. The van der Waals surface area contributed by atoms with E-state index in [-0.39, 0.29) is 5.82 Å². The zero-order valence-electron chi connectivity index (χ0n) is 10.2. The molecular weight excluding hydrogens is 263 g/mol. The van der Waals surface area contributed by atoms with E-state index in [9.17, 15) is 4.39 Å². The molecule has 6 heteroatoms. The Morgan fingerprint density at radius 3 is 2.74 bits per heavy atom. The Morgan fingerprint density at radius 1 is 1.26 bits per heavy atom. The number of rotatable bonds is 3. The minimum absolute atomic E-state index is 0.238. The minimum Gasteiger partial charge on any atom is -0.240 e. The number of aryl methyl sites for hydroxylation is 1. The normalized spacial score (nSPS) is 10.8. The lowest BCUT2D eigenvalue weighted by molar-refractivity contribution is 0.624. The summed E-state index contributed by atoms with van der Waals surface area (Å²) < 4.78 is 14.6. The molecule has 96 valence electrons. The van der Waals surface area contributed by atoms with E-state index in [0.717, 1.165) is 22.1 Å². The Labute approximate surface area is 113 Å². The average molecular weight is 274 g/mol. The molecule has 0 saturated heterocycles. The smallest absolute Gasteiger partial charge is 0.177 e. The summed E-state index contributed by atoms with van der Waals surface area (Å²) in [5.41, 5.74) is 1.79. The fraction of sp³-hybridized carbons (Fsp3) is 0.154. The van der Waals surface area contributed by atoms with Gasteiger partial charge in [0, 0.05) is 5.38 Å². The summed E-state index contributed by atoms with van der Waals surface area (Å²) in [5, 5.41) is 7.15. The highest BCUT2D eigenvalue weighted by Gasteiger charge is 2.10. The summed E-state index contributed by atoms with van der Waals surface area (Å²) in [6.45, 7) is 2.50. The van der Waals surface area contributed by atoms with Crippen molar-refractivity contribution in [1.29, 1.82) is 0 Å². The molecule has 0 bridgehead atoms. The summed E-state index contributed by atoms with van der Waals surface area (Å²) in [7, 11) is 0. The molecule has 1 aromatic carbocycles. The zero-order chi connectivity index (χ0) is 13.2. The van der Waals surface area contributed by atoms with E-state index < -0.39 is 0 Å². The molecule has 0 amide bonds. The van der Waals surface area contributed by atoms with Gasteiger partial charge in [0.25, 0.3) is 0 Å². The van der Waals surface area contributed by atoms with Crippen molar-refractivity contribution in [2.24, 2.45) is 0 Å². The number of aromatic nitrogens is 4. The van der Waals surface area contributed by atoms with E-state index in [1.54, 1.807) is 28.2 Å². The first-order chi connectivity index (χ1) is 9.22. The van der Waals surface area contributed by atoms with Gasteiger partial charge >= 0.3 is 0 Å². The van der Waals surface area contributed by atoms with Crippen LogP contribution in [-0.2, 0) is 6.54 Å². The second-order valence-electron chi connectivity index (χ2n) is 4.12. The molecule has 0 radical (unpaired) electrons. The number of hydrogen-bond acceptors (Lipinski definition) is 4.